The van der Waals surface area contributed by atoms with Crippen molar-refractivity contribution in [1.29, 1.82) is 5.26 Å². The second-order valence-corrected chi connectivity index (χ2v) is 5.20. The molecule has 0 fully saturated rings. The summed E-state index contributed by atoms with van der Waals surface area (Å²) in [5.74, 6) is -1.29. The Bertz CT molecular complexity index is 575. The SMILES string of the molecule is CSc1nc(OCC(F)(F)F)c(C#N)c(SCC(N)=O)n1. The van der Waals surface area contributed by atoms with Gasteiger partial charge in [0.25, 0.3) is 0 Å². The standard InChI is InChI=1S/C10H9F3N4O2S2/c1-20-9-16-7(19-4-10(11,12)13)5(2-14)8(17-9)21-3-6(15)18/h3-4H2,1H3,(H2,15,18). The molecule has 11 heteroatoms. The molecule has 1 rings (SSSR count). The largest absolute Gasteiger partial charge is 0.467 e. The van der Waals surface area contributed by atoms with Crippen molar-refractivity contribution in [3.63, 3.8) is 0 Å². The first-order valence-electron chi connectivity index (χ1n) is 5.23. The van der Waals surface area contributed by atoms with Crippen molar-refractivity contribution >= 4 is 29.4 Å². The topological polar surface area (TPSA) is 102 Å². The highest BCUT2D eigenvalue weighted by Crippen LogP contribution is 2.29. The fraction of sp³-hybridized carbons (Fsp3) is 0.400. The van der Waals surface area contributed by atoms with Crippen LogP contribution in [-0.2, 0) is 4.79 Å². The number of carbonyl (C=O) groups is 1. The van der Waals surface area contributed by atoms with Gasteiger partial charge >= 0.3 is 6.18 Å². The van der Waals surface area contributed by atoms with Crippen LogP contribution in [-0.4, -0.2) is 40.7 Å². The monoisotopic (exact) mass is 338 g/mol. The van der Waals surface area contributed by atoms with Crippen molar-refractivity contribution in [3.8, 4) is 11.9 Å². The maximum atomic E-state index is 12.2. The van der Waals surface area contributed by atoms with Crippen molar-refractivity contribution in [3.05, 3.63) is 5.56 Å². The van der Waals surface area contributed by atoms with Crippen LogP contribution in [0.15, 0.2) is 10.2 Å². The van der Waals surface area contributed by atoms with Crippen LogP contribution in [0.2, 0.25) is 0 Å². The number of alkyl halides is 3. The number of amides is 1. The second-order valence-electron chi connectivity index (χ2n) is 3.47. The third-order valence-electron chi connectivity index (χ3n) is 1.84. The zero-order valence-electron chi connectivity index (χ0n) is 10.6. The zero-order valence-corrected chi connectivity index (χ0v) is 12.2. The van der Waals surface area contributed by atoms with E-state index in [1.165, 1.54) is 0 Å². The van der Waals surface area contributed by atoms with E-state index in [1.54, 1.807) is 12.3 Å². The lowest BCUT2D eigenvalue weighted by atomic mass is 10.3. The van der Waals surface area contributed by atoms with Gasteiger partial charge in [-0.1, -0.05) is 23.5 Å². The van der Waals surface area contributed by atoms with Gasteiger partial charge in [-0.25, -0.2) is 4.98 Å². The summed E-state index contributed by atoms with van der Waals surface area (Å²) < 4.78 is 41.1. The van der Waals surface area contributed by atoms with E-state index < -0.39 is 24.6 Å². The van der Waals surface area contributed by atoms with E-state index >= 15 is 0 Å². The number of ether oxygens (including phenoxy) is 1. The summed E-state index contributed by atoms with van der Waals surface area (Å²) in [6.45, 7) is -1.58. The van der Waals surface area contributed by atoms with Gasteiger partial charge in [0.15, 0.2) is 11.8 Å². The number of hydrogen-bond acceptors (Lipinski definition) is 7. The number of nitrogens with two attached hydrogens (primary N) is 1. The van der Waals surface area contributed by atoms with Crippen molar-refractivity contribution < 1.29 is 22.7 Å². The average Bonchev–Trinajstić information content (AvgIpc) is 2.41. The maximum absolute atomic E-state index is 12.2. The molecule has 0 bridgehead atoms. The number of rotatable bonds is 6. The summed E-state index contributed by atoms with van der Waals surface area (Å²) in [7, 11) is 0. The number of thioether (sulfide) groups is 2. The molecule has 0 unspecified atom stereocenters. The number of halogens is 3. The molecule has 0 spiro atoms. The van der Waals surface area contributed by atoms with Gasteiger partial charge in [-0.3, -0.25) is 4.79 Å². The molecule has 1 aromatic heterocycles. The molecule has 1 aromatic rings. The summed E-state index contributed by atoms with van der Waals surface area (Å²) in [6, 6.07) is 1.68. The molecular weight excluding hydrogens is 329 g/mol. The van der Waals surface area contributed by atoms with Gasteiger partial charge in [-0.15, -0.1) is 0 Å². The van der Waals surface area contributed by atoms with Crippen molar-refractivity contribution in [1.82, 2.24) is 9.97 Å². The molecule has 0 aliphatic carbocycles. The van der Waals surface area contributed by atoms with Gasteiger partial charge in [-0.05, 0) is 6.26 Å². The molecular formula is C10H9F3N4O2S2. The van der Waals surface area contributed by atoms with Gasteiger partial charge in [0.2, 0.25) is 11.8 Å². The minimum atomic E-state index is -4.56. The molecule has 0 saturated carbocycles. The molecule has 0 aliphatic rings. The minimum Gasteiger partial charge on any atom is -0.467 e. The van der Waals surface area contributed by atoms with E-state index in [0.717, 1.165) is 23.5 Å². The van der Waals surface area contributed by atoms with E-state index in [2.05, 4.69) is 14.7 Å². The van der Waals surface area contributed by atoms with Gasteiger partial charge in [-0.2, -0.15) is 23.4 Å². The van der Waals surface area contributed by atoms with Crippen LogP contribution in [0.1, 0.15) is 5.56 Å². The Morgan fingerprint density at radius 1 is 1.48 bits per heavy atom. The van der Waals surface area contributed by atoms with Gasteiger partial charge in [0, 0.05) is 0 Å². The summed E-state index contributed by atoms with van der Waals surface area (Å²) >= 11 is 1.90. The van der Waals surface area contributed by atoms with Crippen LogP contribution in [0, 0.1) is 11.3 Å². The number of carbonyl (C=O) groups excluding carboxylic acids is 1. The van der Waals surface area contributed by atoms with Crippen LogP contribution >= 0.6 is 23.5 Å². The van der Waals surface area contributed by atoms with Crippen LogP contribution in [0.4, 0.5) is 13.2 Å². The first kappa shape index (κ1) is 17.4. The second kappa shape index (κ2) is 7.37. The zero-order chi connectivity index (χ0) is 16.0. The normalized spacial score (nSPS) is 11.0. The molecule has 114 valence electrons. The van der Waals surface area contributed by atoms with Crippen molar-refractivity contribution in [2.24, 2.45) is 5.73 Å². The summed E-state index contributed by atoms with van der Waals surface area (Å²) in [5.41, 5.74) is 4.72. The molecule has 0 saturated heterocycles. The van der Waals surface area contributed by atoms with Crippen molar-refractivity contribution in [2.75, 3.05) is 18.6 Å². The fourth-order valence-electron chi connectivity index (χ4n) is 1.09. The Balaban J connectivity index is 3.12. The maximum Gasteiger partial charge on any atom is 0.422 e. The summed E-state index contributed by atoms with van der Waals surface area (Å²) in [4.78, 5) is 18.5. The fourth-order valence-corrected chi connectivity index (χ4v) is 2.21. The molecule has 1 amide bonds. The molecule has 6 nitrogen and oxygen atoms in total. The molecule has 21 heavy (non-hydrogen) atoms. The quantitative estimate of drug-likeness (QED) is 0.477. The van der Waals surface area contributed by atoms with E-state index in [9.17, 15) is 18.0 Å². The van der Waals surface area contributed by atoms with Gasteiger partial charge in [0.1, 0.15) is 16.7 Å². The number of hydrogen-bond donors (Lipinski definition) is 1. The Morgan fingerprint density at radius 2 is 2.14 bits per heavy atom. The summed E-state index contributed by atoms with van der Waals surface area (Å²) in [6.07, 6.45) is -2.95. The Labute approximate surface area is 126 Å². The van der Waals surface area contributed by atoms with Crippen LogP contribution < -0.4 is 10.5 Å². The molecule has 0 radical (unpaired) electrons. The number of primary amides is 1. The van der Waals surface area contributed by atoms with Crippen LogP contribution in [0.25, 0.3) is 0 Å². The predicted octanol–water partition coefficient (Wildman–Crippen LogP) is 1.59. The van der Waals surface area contributed by atoms with Crippen LogP contribution in [0.3, 0.4) is 0 Å². The van der Waals surface area contributed by atoms with E-state index in [0.29, 0.717) is 0 Å². The first-order chi connectivity index (χ1) is 9.76. The van der Waals surface area contributed by atoms with E-state index in [4.69, 9.17) is 11.0 Å². The third-order valence-corrected chi connectivity index (χ3v) is 3.39. The Kier molecular flexibility index (Phi) is 6.10. The highest BCUT2D eigenvalue weighted by Gasteiger charge is 2.30. The molecule has 2 N–H and O–H groups in total. The van der Waals surface area contributed by atoms with Crippen LogP contribution in [0.5, 0.6) is 5.88 Å². The van der Waals surface area contributed by atoms with Gasteiger partial charge in [0.05, 0.1) is 5.75 Å². The first-order valence-corrected chi connectivity index (χ1v) is 7.44. The lowest BCUT2D eigenvalue weighted by molar-refractivity contribution is -0.154. The lowest BCUT2D eigenvalue weighted by Gasteiger charge is -2.12. The highest BCUT2D eigenvalue weighted by atomic mass is 32.2. The number of aromatic nitrogens is 2. The van der Waals surface area contributed by atoms with E-state index in [-0.39, 0.29) is 21.5 Å². The molecule has 1 heterocycles. The number of nitrogens with zero attached hydrogens (tertiary/aromatic N) is 3. The van der Waals surface area contributed by atoms with Gasteiger partial charge < -0.3 is 10.5 Å². The average molecular weight is 338 g/mol. The minimum absolute atomic E-state index is 0.0489. The smallest absolute Gasteiger partial charge is 0.422 e. The lowest BCUT2D eigenvalue weighted by Crippen LogP contribution is -2.20. The molecule has 0 atom stereocenters. The van der Waals surface area contributed by atoms with Crippen molar-refractivity contribution in [2.45, 2.75) is 16.4 Å². The summed E-state index contributed by atoms with van der Waals surface area (Å²) in [5, 5.41) is 9.20. The Morgan fingerprint density at radius 3 is 2.62 bits per heavy atom. The molecule has 0 aliphatic heterocycles. The predicted molar refractivity (Wildman–Crippen MR) is 70.0 cm³/mol. The van der Waals surface area contributed by atoms with E-state index in [1.807, 2.05) is 0 Å². The Hall–Kier alpha value is -1.67. The number of nitriles is 1. The molecule has 0 aromatic carbocycles. The highest BCUT2D eigenvalue weighted by molar-refractivity contribution is 8.00. The third kappa shape index (κ3) is 5.68.